The monoisotopic (exact) mass is 353 g/mol. The molecule has 128 valence electrons. The van der Waals surface area contributed by atoms with Crippen LogP contribution in [0.25, 0.3) is 11.4 Å². The van der Waals surface area contributed by atoms with Gasteiger partial charge < -0.3 is 5.32 Å². The van der Waals surface area contributed by atoms with E-state index in [0.717, 1.165) is 17.1 Å². The number of hydrogen-bond acceptors (Lipinski definition) is 5. The molecule has 3 rings (SSSR count). The largest absolute Gasteiger partial charge is 0.350 e. The number of nitrogens with one attached hydrogen (secondary N) is 1. The standard InChI is InChI=1S/C18H19N5OS/c1-23-15(9-16(22-23)17-11-19-7-8-20-17)10-21-18(24)13-25-12-14-5-3-2-4-6-14/h2-9,11H,10,12-13H2,1H3,(H,21,24). The van der Waals surface area contributed by atoms with Crippen molar-refractivity contribution in [3.8, 4) is 11.4 Å². The maximum Gasteiger partial charge on any atom is 0.230 e. The van der Waals surface area contributed by atoms with Crippen LogP contribution in [-0.4, -0.2) is 31.4 Å². The van der Waals surface area contributed by atoms with Gasteiger partial charge in [0.1, 0.15) is 11.4 Å². The fourth-order valence-electron chi connectivity index (χ4n) is 2.30. The first-order valence-electron chi connectivity index (χ1n) is 7.90. The summed E-state index contributed by atoms with van der Waals surface area (Å²) in [5.41, 5.74) is 3.61. The number of amides is 1. The molecule has 0 spiro atoms. The van der Waals surface area contributed by atoms with Crippen molar-refractivity contribution in [2.24, 2.45) is 7.05 Å². The van der Waals surface area contributed by atoms with Crippen molar-refractivity contribution in [1.82, 2.24) is 25.1 Å². The molecule has 0 atom stereocenters. The lowest BCUT2D eigenvalue weighted by atomic mass is 10.2. The Morgan fingerprint density at radius 1 is 1.20 bits per heavy atom. The lowest BCUT2D eigenvalue weighted by Gasteiger charge is -2.05. The number of rotatable bonds is 7. The van der Waals surface area contributed by atoms with Crippen molar-refractivity contribution in [1.29, 1.82) is 0 Å². The molecule has 0 fully saturated rings. The van der Waals surface area contributed by atoms with Crippen LogP contribution in [0.4, 0.5) is 0 Å². The normalized spacial score (nSPS) is 10.6. The predicted octanol–water partition coefficient (Wildman–Crippen LogP) is 2.43. The van der Waals surface area contributed by atoms with Crippen LogP contribution in [0.5, 0.6) is 0 Å². The van der Waals surface area contributed by atoms with Gasteiger partial charge in [-0.2, -0.15) is 5.10 Å². The minimum absolute atomic E-state index is 0.0168. The molecule has 1 amide bonds. The molecule has 0 unspecified atom stereocenters. The fourth-order valence-corrected chi connectivity index (χ4v) is 3.12. The lowest BCUT2D eigenvalue weighted by molar-refractivity contribution is -0.118. The number of carbonyl (C=O) groups is 1. The van der Waals surface area contributed by atoms with Gasteiger partial charge in [0.2, 0.25) is 5.91 Å². The van der Waals surface area contributed by atoms with Gasteiger partial charge in [-0.3, -0.25) is 19.4 Å². The number of carbonyl (C=O) groups excluding carboxylic acids is 1. The third-order valence-corrected chi connectivity index (χ3v) is 4.62. The van der Waals surface area contributed by atoms with Gasteiger partial charge in [-0.25, -0.2) is 0 Å². The molecule has 0 aliphatic carbocycles. The molecule has 0 radical (unpaired) electrons. The SMILES string of the molecule is Cn1nc(-c2cnccn2)cc1CNC(=O)CSCc1ccccc1. The first-order valence-corrected chi connectivity index (χ1v) is 9.05. The van der Waals surface area contributed by atoms with E-state index in [1.54, 1.807) is 35.0 Å². The van der Waals surface area contributed by atoms with E-state index in [2.05, 4.69) is 32.5 Å². The first-order chi connectivity index (χ1) is 12.2. The second-order valence-corrected chi connectivity index (χ2v) is 6.48. The number of aryl methyl sites for hydroxylation is 1. The summed E-state index contributed by atoms with van der Waals surface area (Å²) >= 11 is 1.60. The van der Waals surface area contributed by atoms with E-state index in [1.807, 2.05) is 31.3 Å². The van der Waals surface area contributed by atoms with E-state index >= 15 is 0 Å². The highest BCUT2D eigenvalue weighted by Crippen LogP contribution is 2.15. The zero-order chi connectivity index (χ0) is 17.5. The number of aromatic nitrogens is 4. The third kappa shape index (κ3) is 4.90. The molecule has 2 aromatic heterocycles. The van der Waals surface area contributed by atoms with Crippen LogP contribution in [0.3, 0.4) is 0 Å². The summed E-state index contributed by atoms with van der Waals surface area (Å²) < 4.78 is 1.75. The molecule has 1 aromatic carbocycles. The van der Waals surface area contributed by atoms with Gasteiger partial charge >= 0.3 is 0 Å². The highest BCUT2D eigenvalue weighted by molar-refractivity contribution is 7.99. The molecule has 0 bridgehead atoms. The van der Waals surface area contributed by atoms with Crippen molar-refractivity contribution in [2.75, 3.05) is 5.75 Å². The topological polar surface area (TPSA) is 72.7 Å². The number of thioether (sulfide) groups is 1. The Morgan fingerprint density at radius 2 is 2.04 bits per heavy atom. The smallest absolute Gasteiger partial charge is 0.230 e. The molecule has 3 aromatic rings. The summed E-state index contributed by atoms with van der Waals surface area (Å²) in [7, 11) is 1.85. The number of nitrogens with zero attached hydrogens (tertiary/aromatic N) is 4. The van der Waals surface area contributed by atoms with Gasteiger partial charge in [0.15, 0.2) is 0 Å². The molecule has 0 aliphatic rings. The summed E-state index contributed by atoms with van der Waals surface area (Å²) in [6, 6.07) is 12.1. The Kier molecular flexibility index (Phi) is 5.79. The van der Waals surface area contributed by atoms with Crippen LogP contribution in [-0.2, 0) is 24.1 Å². The Hall–Kier alpha value is -2.67. The minimum atomic E-state index is 0.0168. The zero-order valence-corrected chi connectivity index (χ0v) is 14.7. The zero-order valence-electron chi connectivity index (χ0n) is 13.9. The molecule has 0 aliphatic heterocycles. The van der Waals surface area contributed by atoms with E-state index in [-0.39, 0.29) is 5.91 Å². The van der Waals surface area contributed by atoms with Gasteiger partial charge in [-0.15, -0.1) is 11.8 Å². The second-order valence-electron chi connectivity index (χ2n) is 5.49. The average molecular weight is 353 g/mol. The first kappa shape index (κ1) is 17.2. The van der Waals surface area contributed by atoms with Gasteiger partial charge in [-0.05, 0) is 11.6 Å². The van der Waals surface area contributed by atoms with Crippen LogP contribution >= 0.6 is 11.8 Å². The van der Waals surface area contributed by atoms with Crippen molar-refractivity contribution in [3.05, 3.63) is 66.2 Å². The number of benzene rings is 1. The summed E-state index contributed by atoms with van der Waals surface area (Å²) in [6.07, 6.45) is 4.93. The van der Waals surface area contributed by atoms with Gasteiger partial charge in [0.25, 0.3) is 0 Å². The van der Waals surface area contributed by atoms with Crippen molar-refractivity contribution in [2.45, 2.75) is 12.3 Å². The fraction of sp³-hybridized carbons (Fsp3) is 0.222. The van der Waals surface area contributed by atoms with Gasteiger partial charge in [-0.1, -0.05) is 30.3 Å². The summed E-state index contributed by atoms with van der Waals surface area (Å²) in [5, 5.41) is 7.35. The highest BCUT2D eigenvalue weighted by atomic mass is 32.2. The predicted molar refractivity (Wildman–Crippen MR) is 98.7 cm³/mol. The van der Waals surface area contributed by atoms with Crippen molar-refractivity contribution in [3.63, 3.8) is 0 Å². The Labute approximate surface area is 150 Å². The second kappa shape index (κ2) is 8.43. The van der Waals surface area contributed by atoms with Crippen LogP contribution in [0.1, 0.15) is 11.3 Å². The maximum absolute atomic E-state index is 12.0. The Balaban J connectivity index is 1.48. The lowest BCUT2D eigenvalue weighted by Crippen LogP contribution is -2.25. The minimum Gasteiger partial charge on any atom is -0.350 e. The van der Waals surface area contributed by atoms with Crippen LogP contribution in [0.15, 0.2) is 55.0 Å². The molecular weight excluding hydrogens is 334 g/mol. The van der Waals surface area contributed by atoms with E-state index in [1.165, 1.54) is 5.56 Å². The molecule has 6 nitrogen and oxygen atoms in total. The van der Waals surface area contributed by atoms with E-state index < -0.39 is 0 Å². The maximum atomic E-state index is 12.0. The molecule has 0 saturated heterocycles. The molecule has 7 heteroatoms. The molecule has 25 heavy (non-hydrogen) atoms. The average Bonchev–Trinajstić information content (AvgIpc) is 3.02. The van der Waals surface area contributed by atoms with Gasteiger partial charge in [0, 0.05) is 25.2 Å². The molecular formula is C18H19N5OS. The van der Waals surface area contributed by atoms with Crippen molar-refractivity contribution >= 4 is 17.7 Å². The van der Waals surface area contributed by atoms with E-state index in [9.17, 15) is 4.79 Å². The quantitative estimate of drug-likeness (QED) is 0.706. The summed E-state index contributed by atoms with van der Waals surface area (Å²) in [4.78, 5) is 20.3. The van der Waals surface area contributed by atoms with Crippen molar-refractivity contribution < 1.29 is 4.79 Å². The Morgan fingerprint density at radius 3 is 2.80 bits per heavy atom. The van der Waals surface area contributed by atoms with Crippen LogP contribution in [0.2, 0.25) is 0 Å². The van der Waals surface area contributed by atoms with Crippen LogP contribution < -0.4 is 5.32 Å². The third-order valence-electron chi connectivity index (χ3n) is 3.61. The highest BCUT2D eigenvalue weighted by Gasteiger charge is 2.09. The summed E-state index contributed by atoms with van der Waals surface area (Å²) in [6.45, 7) is 0.439. The van der Waals surface area contributed by atoms with E-state index in [4.69, 9.17) is 0 Å². The van der Waals surface area contributed by atoms with Gasteiger partial charge in [0.05, 0.1) is 24.2 Å². The van der Waals surface area contributed by atoms with Crippen LogP contribution in [0, 0.1) is 0 Å². The Bertz CT molecular complexity index is 820. The van der Waals surface area contributed by atoms with E-state index in [0.29, 0.717) is 18.0 Å². The number of hydrogen-bond donors (Lipinski definition) is 1. The molecule has 0 saturated carbocycles. The molecule has 1 N–H and O–H groups in total. The molecule has 2 heterocycles. The summed E-state index contributed by atoms with van der Waals surface area (Å²) in [5.74, 6) is 1.28.